The third-order valence-corrected chi connectivity index (χ3v) is 6.63. The number of nitrogens with zero attached hydrogens (tertiary/aromatic N) is 3. The number of carbonyl (C=O) groups excluding carboxylic acids is 1. The van der Waals surface area contributed by atoms with Gasteiger partial charge in [-0.1, -0.05) is 0 Å². The summed E-state index contributed by atoms with van der Waals surface area (Å²) in [5.41, 5.74) is 2.10. The van der Waals surface area contributed by atoms with Crippen molar-refractivity contribution in [1.82, 2.24) is 14.8 Å². The summed E-state index contributed by atoms with van der Waals surface area (Å²) in [5.74, 6) is -0.495. The van der Waals surface area contributed by atoms with E-state index in [1.54, 1.807) is 18.4 Å². The molecule has 0 spiro atoms. The van der Waals surface area contributed by atoms with E-state index in [9.17, 15) is 13.6 Å². The molecule has 4 rings (SSSR count). The lowest BCUT2D eigenvalue weighted by Gasteiger charge is -2.34. The zero-order chi connectivity index (χ0) is 23.9. The number of rotatable bonds is 9. The van der Waals surface area contributed by atoms with Crippen LogP contribution in [0.3, 0.4) is 0 Å². The summed E-state index contributed by atoms with van der Waals surface area (Å²) in [6.07, 6.45) is 0.808. The van der Waals surface area contributed by atoms with Crippen LogP contribution in [0.25, 0.3) is 10.6 Å². The van der Waals surface area contributed by atoms with Gasteiger partial charge in [0.05, 0.1) is 19.4 Å². The number of piperazine rings is 1. The lowest BCUT2D eigenvalue weighted by atomic mass is 10.2. The van der Waals surface area contributed by atoms with Gasteiger partial charge in [-0.15, -0.1) is 11.3 Å². The van der Waals surface area contributed by atoms with E-state index in [0.717, 1.165) is 53.8 Å². The summed E-state index contributed by atoms with van der Waals surface area (Å²) in [6.45, 7) is 3.88. The van der Waals surface area contributed by atoms with Crippen molar-refractivity contribution in [1.29, 1.82) is 0 Å². The molecule has 1 fully saturated rings. The van der Waals surface area contributed by atoms with E-state index in [1.807, 2.05) is 29.2 Å². The van der Waals surface area contributed by atoms with E-state index in [1.165, 1.54) is 6.07 Å². The third-order valence-electron chi connectivity index (χ3n) is 5.69. The summed E-state index contributed by atoms with van der Waals surface area (Å²) in [5, 5.41) is 3.07. The van der Waals surface area contributed by atoms with Crippen LogP contribution in [-0.2, 0) is 11.3 Å². The van der Waals surface area contributed by atoms with E-state index in [0.29, 0.717) is 25.9 Å². The molecule has 3 aromatic rings. The van der Waals surface area contributed by atoms with Crippen molar-refractivity contribution in [3.05, 3.63) is 65.2 Å². The molecule has 0 bridgehead atoms. The monoisotopic (exact) mass is 487 g/mol. The van der Waals surface area contributed by atoms with Crippen LogP contribution in [0.15, 0.2) is 47.8 Å². The topological polar surface area (TPSA) is 54.9 Å². The molecular formula is C25H27F2N3O3S. The van der Waals surface area contributed by atoms with Crippen molar-refractivity contribution in [2.45, 2.75) is 19.4 Å². The van der Waals surface area contributed by atoms with E-state index in [4.69, 9.17) is 14.5 Å². The van der Waals surface area contributed by atoms with Crippen LogP contribution in [0.5, 0.6) is 11.5 Å². The molecule has 1 amide bonds. The Labute approximate surface area is 201 Å². The molecule has 1 aliphatic heterocycles. The van der Waals surface area contributed by atoms with Crippen LogP contribution in [0.2, 0.25) is 0 Å². The Morgan fingerprint density at radius 2 is 1.85 bits per heavy atom. The van der Waals surface area contributed by atoms with Gasteiger partial charge in [0, 0.05) is 56.2 Å². The van der Waals surface area contributed by atoms with Gasteiger partial charge in [-0.3, -0.25) is 9.69 Å². The van der Waals surface area contributed by atoms with Crippen molar-refractivity contribution >= 4 is 17.2 Å². The van der Waals surface area contributed by atoms with Gasteiger partial charge in [0.1, 0.15) is 16.6 Å². The molecule has 0 radical (unpaired) electrons. The summed E-state index contributed by atoms with van der Waals surface area (Å²) in [7, 11) is 1.65. The largest absolute Gasteiger partial charge is 0.497 e. The van der Waals surface area contributed by atoms with E-state index < -0.39 is 11.6 Å². The molecule has 0 aliphatic carbocycles. The molecule has 0 saturated carbocycles. The molecule has 1 saturated heterocycles. The third kappa shape index (κ3) is 6.30. The van der Waals surface area contributed by atoms with Crippen LogP contribution in [0.4, 0.5) is 8.78 Å². The lowest BCUT2D eigenvalue weighted by Crippen LogP contribution is -2.48. The maximum Gasteiger partial charge on any atom is 0.222 e. The quantitative estimate of drug-likeness (QED) is 0.413. The summed E-state index contributed by atoms with van der Waals surface area (Å²) >= 11 is 1.62. The minimum Gasteiger partial charge on any atom is -0.497 e. The number of benzene rings is 2. The highest BCUT2D eigenvalue weighted by molar-refractivity contribution is 7.13. The average molecular weight is 488 g/mol. The molecule has 2 aromatic carbocycles. The summed E-state index contributed by atoms with van der Waals surface area (Å²) in [6, 6.07) is 11.1. The van der Waals surface area contributed by atoms with Crippen LogP contribution in [-0.4, -0.2) is 60.6 Å². The molecular weight excluding hydrogens is 460 g/mol. The fourth-order valence-electron chi connectivity index (χ4n) is 3.79. The van der Waals surface area contributed by atoms with Crippen molar-refractivity contribution in [2.24, 2.45) is 0 Å². The second-order valence-electron chi connectivity index (χ2n) is 8.06. The van der Waals surface area contributed by atoms with Crippen LogP contribution in [0, 0.1) is 11.6 Å². The standard InChI is InChI=1S/C25H27F2N3O3S/c1-32-21-7-4-18(5-8-21)25-28-20(17-34-25)16-29-10-12-30(13-11-29)24(31)3-2-14-33-23-9-6-19(26)15-22(23)27/h4-9,15,17H,2-3,10-14,16H2,1H3. The van der Waals surface area contributed by atoms with Gasteiger partial charge in [0.15, 0.2) is 11.6 Å². The zero-order valence-electron chi connectivity index (χ0n) is 19.0. The molecule has 1 aromatic heterocycles. The highest BCUT2D eigenvalue weighted by Crippen LogP contribution is 2.26. The molecule has 1 aliphatic rings. The number of amides is 1. The average Bonchev–Trinajstić information content (AvgIpc) is 3.31. The Morgan fingerprint density at radius 3 is 2.56 bits per heavy atom. The zero-order valence-corrected chi connectivity index (χ0v) is 19.8. The van der Waals surface area contributed by atoms with Crippen molar-refractivity contribution < 1.29 is 23.0 Å². The van der Waals surface area contributed by atoms with Crippen molar-refractivity contribution in [2.75, 3.05) is 39.9 Å². The number of hydrogen-bond donors (Lipinski definition) is 0. The highest BCUT2D eigenvalue weighted by Gasteiger charge is 2.21. The molecule has 0 atom stereocenters. The van der Waals surface area contributed by atoms with Crippen molar-refractivity contribution in [3.63, 3.8) is 0 Å². The summed E-state index contributed by atoms with van der Waals surface area (Å²) in [4.78, 5) is 21.4. The summed E-state index contributed by atoms with van der Waals surface area (Å²) < 4.78 is 37.1. The Kier molecular flexibility index (Phi) is 8.08. The Balaban J connectivity index is 1.17. The van der Waals surface area contributed by atoms with Gasteiger partial charge in [-0.2, -0.15) is 0 Å². The first-order valence-corrected chi connectivity index (χ1v) is 12.1. The number of ether oxygens (including phenoxy) is 2. The number of aromatic nitrogens is 1. The van der Waals surface area contributed by atoms with E-state index >= 15 is 0 Å². The molecule has 2 heterocycles. The van der Waals surface area contributed by atoms with Crippen molar-refractivity contribution in [3.8, 4) is 22.1 Å². The minimum absolute atomic E-state index is 0.000323. The number of hydrogen-bond acceptors (Lipinski definition) is 6. The first-order valence-electron chi connectivity index (χ1n) is 11.2. The number of carbonyl (C=O) groups is 1. The number of methoxy groups -OCH3 is 1. The molecule has 6 nitrogen and oxygen atoms in total. The molecule has 0 N–H and O–H groups in total. The first-order chi connectivity index (χ1) is 16.5. The van der Waals surface area contributed by atoms with E-state index in [2.05, 4.69) is 10.3 Å². The second-order valence-corrected chi connectivity index (χ2v) is 8.91. The number of thiazole rings is 1. The van der Waals surface area contributed by atoms with Crippen LogP contribution < -0.4 is 9.47 Å². The smallest absolute Gasteiger partial charge is 0.222 e. The second kappa shape index (κ2) is 11.4. The van der Waals surface area contributed by atoms with Gasteiger partial charge in [0.2, 0.25) is 5.91 Å². The van der Waals surface area contributed by atoms with Gasteiger partial charge in [-0.05, 0) is 42.8 Å². The molecule has 9 heteroatoms. The molecule has 180 valence electrons. The Morgan fingerprint density at radius 1 is 1.09 bits per heavy atom. The number of halogens is 2. The highest BCUT2D eigenvalue weighted by atomic mass is 32.1. The fourth-order valence-corrected chi connectivity index (χ4v) is 4.60. The molecule has 34 heavy (non-hydrogen) atoms. The van der Waals surface area contributed by atoms with Gasteiger partial charge >= 0.3 is 0 Å². The maximum absolute atomic E-state index is 13.6. The Bertz CT molecular complexity index is 1100. The maximum atomic E-state index is 13.6. The van der Waals surface area contributed by atoms with Gasteiger partial charge in [0.25, 0.3) is 0 Å². The first kappa shape index (κ1) is 24.1. The fraction of sp³-hybridized carbons (Fsp3) is 0.360. The predicted molar refractivity (Wildman–Crippen MR) is 127 cm³/mol. The predicted octanol–water partition coefficient (Wildman–Crippen LogP) is 4.60. The van der Waals surface area contributed by atoms with Gasteiger partial charge < -0.3 is 14.4 Å². The van der Waals surface area contributed by atoms with Crippen LogP contribution >= 0.6 is 11.3 Å². The minimum atomic E-state index is -0.737. The lowest BCUT2D eigenvalue weighted by molar-refractivity contribution is -0.133. The normalized spacial score (nSPS) is 14.3. The SMILES string of the molecule is COc1ccc(-c2nc(CN3CCN(C(=O)CCCOc4ccc(F)cc4F)CC3)cs2)cc1. The Hall–Kier alpha value is -3.04. The van der Waals surface area contributed by atoms with Crippen LogP contribution in [0.1, 0.15) is 18.5 Å². The van der Waals surface area contributed by atoms with E-state index in [-0.39, 0.29) is 18.3 Å². The van der Waals surface area contributed by atoms with Gasteiger partial charge in [-0.25, -0.2) is 13.8 Å². The molecule has 0 unspecified atom stereocenters.